The molecule has 1 aromatic carbocycles. The lowest BCUT2D eigenvalue weighted by Crippen LogP contribution is -2.13. The molecule has 0 aliphatic heterocycles. The van der Waals surface area contributed by atoms with Crippen LogP contribution in [0.15, 0.2) is 54.9 Å². The number of hydrogen-bond acceptors (Lipinski definition) is 7. The number of halogens is 1. The van der Waals surface area contributed by atoms with Gasteiger partial charge in [0, 0.05) is 12.5 Å². The number of aromatic nitrogens is 1. The Morgan fingerprint density at radius 1 is 1.37 bits per heavy atom. The van der Waals surface area contributed by atoms with E-state index in [0.717, 1.165) is 16.1 Å². The number of benzene rings is 1. The van der Waals surface area contributed by atoms with Gasteiger partial charge in [-0.2, -0.15) is 5.10 Å². The molecule has 1 N–H and O–H groups in total. The van der Waals surface area contributed by atoms with E-state index in [0.29, 0.717) is 29.1 Å². The van der Waals surface area contributed by atoms with Crippen molar-refractivity contribution in [3.8, 4) is 23.0 Å². The Hall–Kier alpha value is -2.36. The molecule has 0 radical (unpaired) electrons. The summed E-state index contributed by atoms with van der Waals surface area (Å²) >= 11 is 4.78. The van der Waals surface area contributed by atoms with Gasteiger partial charge in [0.2, 0.25) is 4.80 Å². The smallest absolute Gasteiger partial charge is 0.206 e. The van der Waals surface area contributed by atoms with Crippen LogP contribution in [0.2, 0.25) is 0 Å². The van der Waals surface area contributed by atoms with E-state index >= 15 is 0 Å². The zero-order chi connectivity index (χ0) is 19.2. The van der Waals surface area contributed by atoms with Crippen molar-refractivity contribution in [2.24, 2.45) is 10.1 Å². The molecular weight excluding hydrogens is 434 g/mol. The minimum Gasteiger partial charge on any atom is -0.503 e. The van der Waals surface area contributed by atoms with Crippen molar-refractivity contribution < 1.29 is 19.0 Å². The molecule has 0 aliphatic rings. The number of furan rings is 1. The largest absolute Gasteiger partial charge is 0.503 e. The van der Waals surface area contributed by atoms with Crippen LogP contribution in [0.1, 0.15) is 5.56 Å². The van der Waals surface area contributed by atoms with Crippen molar-refractivity contribution in [3.63, 3.8) is 0 Å². The number of thiazole rings is 1. The third-order valence-corrected chi connectivity index (χ3v) is 5.05. The summed E-state index contributed by atoms with van der Waals surface area (Å²) in [6, 6.07) is 7.14. The molecule has 3 rings (SSSR count). The van der Waals surface area contributed by atoms with Crippen molar-refractivity contribution in [1.29, 1.82) is 0 Å². The molecule has 2 aromatic heterocycles. The first-order chi connectivity index (χ1) is 13.1. The summed E-state index contributed by atoms with van der Waals surface area (Å²) in [5.41, 5.74) is 1.55. The molecule has 0 saturated heterocycles. The van der Waals surface area contributed by atoms with E-state index in [2.05, 4.69) is 26.0 Å². The van der Waals surface area contributed by atoms with E-state index < -0.39 is 0 Å². The van der Waals surface area contributed by atoms with E-state index in [-0.39, 0.29) is 5.75 Å². The van der Waals surface area contributed by atoms with Gasteiger partial charge in [0.25, 0.3) is 0 Å². The fourth-order valence-corrected chi connectivity index (χ4v) is 3.60. The zero-order valence-corrected chi connectivity index (χ0v) is 17.2. The van der Waals surface area contributed by atoms with Gasteiger partial charge < -0.3 is 19.0 Å². The molecule has 0 amide bonds. The summed E-state index contributed by atoms with van der Waals surface area (Å²) in [5.74, 6) is 1.10. The molecule has 0 saturated carbocycles. The maximum Gasteiger partial charge on any atom is 0.206 e. The highest BCUT2D eigenvalue weighted by Crippen LogP contribution is 2.34. The fourth-order valence-electron chi connectivity index (χ4n) is 2.29. The van der Waals surface area contributed by atoms with Crippen LogP contribution >= 0.6 is 27.3 Å². The Balaban J connectivity index is 2.02. The first-order valence-corrected chi connectivity index (χ1v) is 9.66. The SMILES string of the molecule is COCCN=c1scc(-c2ccco2)n1/N=C/c1cc(Br)c(O)c(OC)c1. The number of ether oxygens (including phenoxy) is 2. The minimum atomic E-state index is 0.0457. The van der Waals surface area contributed by atoms with Gasteiger partial charge in [-0.1, -0.05) is 0 Å². The third-order valence-electron chi connectivity index (χ3n) is 3.59. The van der Waals surface area contributed by atoms with Crippen LogP contribution in [0.25, 0.3) is 11.5 Å². The molecule has 27 heavy (non-hydrogen) atoms. The second-order valence-electron chi connectivity index (χ2n) is 5.37. The van der Waals surface area contributed by atoms with Gasteiger partial charge in [-0.3, -0.25) is 4.99 Å². The predicted octanol–water partition coefficient (Wildman–Crippen LogP) is 3.72. The predicted molar refractivity (Wildman–Crippen MR) is 108 cm³/mol. The molecule has 0 unspecified atom stereocenters. The average molecular weight is 452 g/mol. The summed E-state index contributed by atoms with van der Waals surface area (Å²) in [6.45, 7) is 1.06. The summed E-state index contributed by atoms with van der Waals surface area (Å²) in [4.78, 5) is 5.25. The van der Waals surface area contributed by atoms with Gasteiger partial charge in [0.1, 0.15) is 5.69 Å². The molecule has 9 heteroatoms. The lowest BCUT2D eigenvalue weighted by atomic mass is 10.2. The number of rotatable bonds is 7. The monoisotopic (exact) mass is 451 g/mol. The van der Waals surface area contributed by atoms with E-state index in [9.17, 15) is 5.11 Å². The Bertz CT molecular complexity index is 993. The summed E-state index contributed by atoms with van der Waals surface area (Å²) in [7, 11) is 3.14. The zero-order valence-electron chi connectivity index (χ0n) is 14.8. The number of phenolic OH excluding ortho intramolecular Hbond substituents is 1. The molecule has 142 valence electrons. The number of hydrogen-bond donors (Lipinski definition) is 1. The van der Waals surface area contributed by atoms with E-state index in [1.807, 2.05) is 17.5 Å². The van der Waals surface area contributed by atoms with Crippen molar-refractivity contribution in [2.75, 3.05) is 27.4 Å². The second-order valence-corrected chi connectivity index (χ2v) is 7.06. The molecule has 7 nitrogen and oxygen atoms in total. The van der Waals surface area contributed by atoms with Crippen LogP contribution in [0.5, 0.6) is 11.5 Å². The van der Waals surface area contributed by atoms with E-state index in [1.165, 1.54) is 18.4 Å². The molecule has 0 spiro atoms. The Morgan fingerprint density at radius 3 is 2.93 bits per heavy atom. The van der Waals surface area contributed by atoms with E-state index in [4.69, 9.17) is 13.9 Å². The lowest BCUT2D eigenvalue weighted by molar-refractivity contribution is 0.207. The first kappa shape index (κ1) is 19.4. The van der Waals surface area contributed by atoms with Crippen molar-refractivity contribution >= 4 is 33.5 Å². The van der Waals surface area contributed by atoms with Gasteiger partial charge in [0.15, 0.2) is 17.3 Å². The Morgan fingerprint density at radius 2 is 2.22 bits per heavy atom. The summed E-state index contributed by atoms with van der Waals surface area (Å²) in [6.07, 6.45) is 3.28. The third kappa shape index (κ3) is 4.49. The van der Waals surface area contributed by atoms with E-state index in [1.54, 1.807) is 36.4 Å². The van der Waals surface area contributed by atoms with Crippen LogP contribution in [-0.4, -0.2) is 43.4 Å². The molecule has 0 aliphatic carbocycles. The van der Waals surface area contributed by atoms with Crippen LogP contribution in [0.4, 0.5) is 0 Å². The number of methoxy groups -OCH3 is 2. The molecule has 2 heterocycles. The summed E-state index contributed by atoms with van der Waals surface area (Å²) in [5, 5.41) is 16.5. The van der Waals surface area contributed by atoms with Gasteiger partial charge in [-0.25, -0.2) is 4.68 Å². The second kappa shape index (κ2) is 9.03. The molecule has 0 bridgehead atoms. The number of nitrogens with zero attached hydrogens (tertiary/aromatic N) is 3. The highest BCUT2D eigenvalue weighted by atomic mass is 79.9. The minimum absolute atomic E-state index is 0.0457. The lowest BCUT2D eigenvalue weighted by Gasteiger charge is -2.06. The normalized spacial score (nSPS) is 12.2. The van der Waals surface area contributed by atoms with Gasteiger partial charge in [-0.15, -0.1) is 11.3 Å². The van der Waals surface area contributed by atoms with Crippen LogP contribution in [0.3, 0.4) is 0 Å². The van der Waals surface area contributed by atoms with Crippen LogP contribution in [-0.2, 0) is 4.74 Å². The Kier molecular flexibility index (Phi) is 6.49. The molecule has 0 atom stereocenters. The molecular formula is C18H18BrN3O4S. The van der Waals surface area contributed by atoms with Crippen LogP contribution < -0.4 is 9.54 Å². The highest BCUT2D eigenvalue weighted by molar-refractivity contribution is 9.10. The summed E-state index contributed by atoms with van der Waals surface area (Å²) < 4.78 is 18.0. The van der Waals surface area contributed by atoms with Crippen LogP contribution in [0, 0.1) is 0 Å². The maximum atomic E-state index is 9.95. The fraction of sp³-hybridized carbons (Fsp3) is 0.222. The van der Waals surface area contributed by atoms with Gasteiger partial charge >= 0.3 is 0 Å². The molecule has 3 aromatic rings. The van der Waals surface area contributed by atoms with Gasteiger partial charge in [-0.05, 0) is 45.8 Å². The standard InChI is InChI=1S/C18H18BrN3O4S/c1-24-7-5-20-18-22(14(11-27-18)15-4-3-6-26-15)21-10-12-8-13(19)17(23)16(9-12)25-2/h3-4,6,8-11,23H,5,7H2,1-2H3/b20-18?,21-10+. The van der Waals surface area contributed by atoms with Gasteiger partial charge in [0.05, 0.1) is 37.2 Å². The van der Waals surface area contributed by atoms with Crippen molar-refractivity contribution in [2.45, 2.75) is 0 Å². The van der Waals surface area contributed by atoms with Crippen molar-refractivity contribution in [1.82, 2.24) is 4.68 Å². The topological polar surface area (TPSA) is 81.5 Å². The Labute approximate surface area is 168 Å². The van der Waals surface area contributed by atoms with Crippen molar-refractivity contribution in [3.05, 3.63) is 50.7 Å². The maximum absolute atomic E-state index is 9.95. The average Bonchev–Trinajstić information content (AvgIpc) is 3.32. The first-order valence-electron chi connectivity index (χ1n) is 7.98. The molecule has 0 fully saturated rings. The highest BCUT2D eigenvalue weighted by Gasteiger charge is 2.11. The number of aromatic hydroxyl groups is 1. The number of phenols is 1. The quantitative estimate of drug-likeness (QED) is 0.438.